The van der Waals surface area contributed by atoms with Crippen molar-refractivity contribution < 1.29 is 4.52 Å². The zero-order valence-electron chi connectivity index (χ0n) is 13.5. The van der Waals surface area contributed by atoms with Crippen LogP contribution in [0.4, 0.5) is 0 Å². The van der Waals surface area contributed by atoms with E-state index < -0.39 is 0 Å². The zero-order chi connectivity index (χ0) is 17.8. The highest BCUT2D eigenvalue weighted by molar-refractivity contribution is 6.43. The van der Waals surface area contributed by atoms with Gasteiger partial charge in [0.05, 0.1) is 21.8 Å². The summed E-state index contributed by atoms with van der Waals surface area (Å²) < 4.78 is 5.47. The van der Waals surface area contributed by atoms with Crippen LogP contribution in [0, 0.1) is 5.41 Å². The Morgan fingerprint density at radius 1 is 1.28 bits per heavy atom. The van der Waals surface area contributed by atoms with Crippen LogP contribution >= 0.6 is 23.2 Å². The van der Waals surface area contributed by atoms with E-state index in [1.807, 2.05) is 19.1 Å². The molecule has 0 aliphatic heterocycles. The number of aliphatic imine (C=N–C) groups is 1. The van der Waals surface area contributed by atoms with Crippen LogP contribution in [-0.2, 0) is 0 Å². The number of hydrogen-bond acceptors (Lipinski definition) is 3. The molecule has 2 N–H and O–H groups in total. The van der Waals surface area contributed by atoms with Crippen LogP contribution in [0.15, 0.2) is 46.3 Å². The molecule has 1 aromatic carbocycles. The molecule has 2 heterocycles. The van der Waals surface area contributed by atoms with E-state index in [2.05, 4.69) is 15.1 Å². The molecule has 0 bridgehead atoms. The Labute approximate surface area is 155 Å². The molecule has 25 heavy (non-hydrogen) atoms. The third-order valence-corrected chi connectivity index (χ3v) is 4.50. The Bertz CT molecular complexity index is 927. The monoisotopic (exact) mass is 374 g/mol. The molecular formula is C18H16Cl2N4O. The SMILES string of the molecule is CCCC(=N)N=Cc1c[nH]cc1-c1oncc1-c1cccc(Cl)c1Cl. The fraction of sp³-hybridized carbons (Fsp3) is 0.167. The first-order chi connectivity index (χ1) is 12.1. The Kier molecular flexibility index (Phi) is 5.36. The molecule has 0 fully saturated rings. The lowest BCUT2D eigenvalue weighted by Crippen LogP contribution is -1.92. The largest absolute Gasteiger partial charge is 0.366 e. The number of aromatic amines is 1. The highest BCUT2D eigenvalue weighted by atomic mass is 35.5. The number of halogens is 2. The molecule has 0 saturated heterocycles. The van der Waals surface area contributed by atoms with Crippen LogP contribution in [0.25, 0.3) is 22.5 Å². The maximum atomic E-state index is 7.79. The van der Waals surface area contributed by atoms with Crippen LogP contribution in [-0.4, -0.2) is 22.2 Å². The maximum absolute atomic E-state index is 7.79. The van der Waals surface area contributed by atoms with Crippen molar-refractivity contribution in [2.45, 2.75) is 19.8 Å². The minimum Gasteiger partial charge on any atom is -0.366 e. The first-order valence-electron chi connectivity index (χ1n) is 7.79. The van der Waals surface area contributed by atoms with Gasteiger partial charge in [-0.25, -0.2) is 4.99 Å². The van der Waals surface area contributed by atoms with E-state index >= 15 is 0 Å². The number of hydrogen-bond donors (Lipinski definition) is 2. The minimum atomic E-state index is 0.338. The van der Waals surface area contributed by atoms with E-state index in [4.69, 9.17) is 33.1 Å². The van der Waals surface area contributed by atoms with Crippen LogP contribution in [0.5, 0.6) is 0 Å². The van der Waals surface area contributed by atoms with Gasteiger partial charge in [0, 0.05) is 41.7 Å². The predicted octanol–water partition coefficient (Wildman–Crippen LogP) is 5.84. The first-order valence-corrected chi connectivity index (χ1v) is 8.55. The zero-order valence-corrected chi connectivity index (χ0v) is 15.0. The molecule has 128 valence electrons. The highest BCUT2D eigenvalue weighted by Gasteiger charge is 2.19. The van der Waals surface area contributed by atoms with E-state index in [1.54, 1.807) is 30.9 Å². The van der Waals surface area contributed by atoms with Crippen molar-refractivity contribution >= 4 is 35.3 Å². The molecule has 0 saturated carbocycles. The number of rotatable bonds is 5. The van der Waals surface area contributed by atoms with E-state index in [-0.39, 0.29) is 0 Å². The average Bonchev–Trinajstić information content (AvgIpc) is 3.24. The number of H-pyrrole nitrogens is 1. The molecular weight excluding hydrogens is 359 g/mol. The second-order valence-electron chi connectivity index (χ2n) is 5.45. The molecule has 0 spiro atoms. The van der Waals surface area contributed by atoms with Crippen molar-refractivity contribution in [1.29, 1.82) is 5.41 Å². The van der Waals surface area contributed by atoms with Crippen molar-refractivity contribution in [3.8, 4) is 22.5 Å². The molecule has 3 rings (SSSR count). The quantitative estimate of drug-likeness (QED) is 0.434. The summed E-state index contributed by atoms with van der Waals surface area (Å²) in [7, 11) is 0. The van der Waals surface area contributed by atoms with Gasteiger partial charge in [-0.05, 0) is 12.5 Å². The Morgan fingerprint density at radius 3 is 2.92 bits per heavy atom. The summed E-state index contributed by atoms with van der Waals surface area (Å²) in [5, 5.41) is 12.6. The van der Waals surface area contributed by atoms with Crippen LogP contribution in [0.2, 0.25) is 10.0 Å². The summed E-state index contributed by atoms with van der Waals surface area (Å²) in [5.41, 5.74) is 3.08. The van der Waals surface area contributed by atoms with Gasteiger partial charge < -0.3 is 9.51 Å². The lowest BCUT2D eigenvalue weighted by Gasteiger charge is -2.05. The summed E-state index contributed by atoms with van der Waals surface area (Å²) in [5.74, 6) is 0.902. The molecule has 2 aromatic heterocycles. The van der Waals surface area contributed by atoms with Gasteiger partial charge in [-0.2, -0.15) is 0 Å². The summed E-state index contributed by atoms with van der Waals surface area (Å²) in [4.78, 5) is 7.23. The minimum absolute atomic E-state index is 0.338. The van der Waals surface area contributed by atoms with Crippen molar-refractivity contribution in [2.24, 2.45) is 4.99 Å². The van der Waals surface area contributed by atoms with Gasteiger partial charge in [-0.1, -0.05) is 47.4 Å². The molecule has 0 aliphatic rings. The van der Waals surface area contributed by atoms with Gasteiger partial charge in [-0.3, -0.25) is 5.41 Å². The molecule has 0 atom stereocenters. The number of nitrogens with one attached hydrogen (secondary N) is 2. The van der Waals surface area contributed by atoms with Crippen LogP contribution in [0.1, 0.15) is 25.3 Å². The summed E-state index contributed by atoms with van der Waals surface area (Å²) in [6.07, 6.45) is 8.38. The number of amidine groups is 1. The van der Waals surface area contributed by atoms with Crippen molar-refractivity contribution in [3.63, 3.8) is 0 Å². The molecule has 5 nitrogen and oxygen atoms in total. The van der Waals surface area contributed by atoms with Crippen LogP contribution < -0.4 is 0 Å². The first kappa shape index (κ1) is 17.5. The van der Waals surface area contributed by atoms with Crippen molar-refractivity contribution in [2.75, 3.05) is 0 Å². The number of nitrogens with zero attached hydrogens (tertiary/aromatic N) is 2. The highest BCUT2D eigenvalue weighted by Crippen LogP contribution is 2.39. The maximum Gasteiger partial charge on any atom is 0.176 e. The normalized spacial score (nSPS) is 11.3. The Hall–Kier alpha value is -2.37. The van der Waals surface area contributed by atoms with Gasteiger partial charge in [0.2, 0.25) is 0 Å². The summed E-state index contributed by atoms with van der Waals surface area (Å²) >= 11 is 12.5. The van der Waals surface area contributed by atoms with Gasteiger partial charge in [-0.15, -0.1) is 0 Å². The van der Waals surface area contributed by atoms with E-state index in [1.165, 1.54) is 0 Å². The molecule has 7 heteroatoms. The average molecular weight is 375 g/mol. The van der Waals surface area contributed by atoms with E-state index in [9.17, 15) is 0 Å². The lowest BCUT2D eigenvalue weighted by molar-refractivity contribution is 0.432. The molecule has 0 unspecified atom stereocenters. The second kappa shape index (κ2) is 7.68. The van der Waals surface area contributed by atoms with Crippen molar-refractivity contribution in [3.05, 3.63) is 52.4 Å². The van der Waals surface area contributed by atoms with Gasteiger partial charge in [0.1, 0.15) is 5.84 Å². The van der Waals surface area contributed by atoms with Gasteiger partial charge >= 0.3 is 0 Å². The predicted molar refractivity (Wildman–Crippen MR) is 102 cm³/mol. The Morgan fingerprint density at radius 2 is 2.12 bits per heavy atom. The van der Waals surface area contributed by atoms with Gasteiger partial charge in [0.15, 0.2) is 5.76 Å². The summed E-state index contributed by atoms with van der Waals surface area (Å²) in [6, 6.07) is 5.42. The third kappa shape index (κ3) is 3.67. The topological polar surface area (TPSA) is 78.0 Å². The lowest BCUT2D eigenvalue weighted by atomic mass is 10.0. The number of aromatic nitrogens is 2. The van der Waals surface area contributed by atoms with E-state index in [0.29, 0.717) is 28.1 Å². The van der Waals surface area contributed by atoms with E-state index in [0.717, 1.165) is 28.7 Å². The molecule has 0 radical (unpaired) electrons. The summed E-state index contributed by atoms with van der Waals surface area (Å²) in [6.45, 7) is 2.02. The molecule has 0 amide bonds. The van der Waals surface area contributed by atoms with Gasteiger partial charge in [0.25, 0.3) is 0 Å². The second-order valence-corrected chi connectivity index (χ2v) is 6.23. The molecule has 0 aliphatic carbocycles. The van der Waals surface area contributed by atoms with Crippen molar-refractivity contribution in [1.82, 2.24) is 10.1 Å². The smallest absolute Gasteiger partial charge is 0.176 e. The third-order valence-electron chi connectivity index (χ3n) is 3.68. The fourth-order valence-electron chi connectivity index (χ4n) is 2.47. The fourth-order valence-corrected chi connectivity index (χ4v) is 2.87. The standard InChI is InChI=1S/C18H16Cl2N4O/c1-2-4-16(21)23-8-11-7-22-9-13(11)18-14(10-24-25-18)12-5-3-6-15(19)17(12)20/h3,5-10,21-22H,2,4H2,1H3. The van der Waals surface area contributed by atoms with Crippen LogP contribution in [0.3, 0.4) is 0 Å². The number of benzene rings is 1. The molecule has 3 aromatic rings. The Balaban J connectivity index is 2.01.